The third-order valence-corrected chi connectivity index (χ3v) is 6.91. The molecule has 2 bridgehead atoms. The molecule has 0 heterocycles. The van der Waals surface area contributed by atoms with Crippen molar-refractivity contribution in [2.45, 2.75) is 38.0 Å². The molecule has 21 heavy (non-hydrogen) atoms. The lowest BCUT2D eigenvalue weighted by molar-refractivity contribution is -0.384. The number of ketones is 1. The van der Waals surface area contributed by atoms with Crippen LogP contribution in [0.4, 0.5) is 5.69 Å². The zero-order valence-corrected chi connectivity index (χ0v) is 13.1. The van der Waals surface area contributed by atoms with Crippen molar-refractivity contribution in [1.29, 1.82) is 0 Å². The Kier molecular flexibility index (Phi) is 3.35. The van der Waals surface area contributed by atoms with Gasteiger partial charge in [0.2, 0.25) is 0 Å². The Hall–Kier alpha value is -1.36. The van der Waals surface area contributed by atoms with E-state index >= 15 is 0 Å². The smallest absolute Gasteiger partial charge is 0.269 e. The zero-order chi connectivity index (χ0) is 15.3. The van der Waals surface area contributed by atoms with Crippen molar-refractivity contribution in [1.82, 2.24) is 0 Å². The van der Waals surface area contributed by atoms with Crippen LogP contribution in [0.25, 0.3) is 0 Å². The Morgan fingerprint density at radius 2 is 2.00 bits per heavy atom. The summed E-state index contributed by atoms with van der Waals surface area (Å²) in [6, 6.07) is 6.61. The minimum Gasteiger partial charge on any atom is -0.299 e. The Morgan fingerprint density at radius 3 is 2.48 bits per heavy atom. The number of thioether (sulfide) groups is 1. The average Bonchev–Trinajstić information content (AvgIpc) is 2.80. The van der Waals surface area contributed by atoms with E-state index in [1.54, 1.807) is 23.9 Å². The fourth-order valence-electron chi connectivity index (χ4n) is 3.98. The van der Waals surface area contributed by atoms with Crippen molar-refractivity contribution in [3.05, 3.63) is 34.4 Å². The van der Waals surface area contributed by atoms with Gasteiger partial charge < -0.3 is 0 Å². The lowest BCUT2D eigenvalue weighted by atomic mass is 9.70. The maximum atomic E-state index is 12.4. The normalized spacial score (nSPS) is 29.8. The van der Waals surface area contributed by atoms with Crippen LogP contribution < -0.4 is 0 Å². The van der Waals surface area contributed by atoms with Crippen LogP contribution in [0.3, 0.4) is 0 Å². The van der Waals surface area contributed by atoms with Crippen molar-refractivity contribution < 1.29 is 9.72 Å². The first-order valence-electron chi connectivity index (χ1n) is 7.27. The van der Waals surface area contributed by atoms with E-state index < -0.39 is 4.92 Å². The van der Waals surface area contributed by atoms with Crippen molar-refractivity contribution in [3.8, 4) is 0 Å². The van der Waals surface area contributed by atoms with E-state index in [0.29, 0.717) is 11.7 Å². The van der Waals surface area contributed by atoms with Gasteiger partial charge in [-0.2, -0.15) is 0 Å². The number of nitrogens with zero attached hydrogens (tertiary/aromatic N) is 1. The number of benzene rings is 1. The molecule has 112 valence electrons. The number of carbonyl (C=O) groups excluding carboxylic acids is 1. The quantitative estimate of drug-likeness (QED) is 0.478. The summed E-state index contributed by atoms with van der Waals surface area (Å²) < 4.78 is 0. The maximum absolute atomic E-state index is 12.4. The highest BCUT2D eigenvalue weighted by atomic mass is 32.2. The molecule has 4 nitrogen and oxygen atoms in total. The van der Waals surface area contributed by atoms with Gasteiger partial charge in [0.25, 0.3) is 5.69 Å². The van der Waals surface area contributed by atoms with Gasteiger partial charge in [-0.05, 0) is 36.3 Å². The number of Topliss-reactive ketones (excluding diaryl/α,β-unsaturated/α-hetero) is 1. The molecule has 2 aliphatic carbocycles. The largest absolute Gasteiger partial charge is 0.299 e. The summed E-state index contributed by atoms with van der Waals surface area (Å²) in [5, 5.41) is 10.7. The summed E-state index contributed by atoms with van der Waals surface area (Å²) in [4.78, 5) is 23.7. The number of hydrogen-bond acceptors (Lipinski definition) is 4. The molecule has 0 unspecified atom stereocenters. The van der Waals surface area contributed by atoms with E-state index in [1.165, 1.54) is 12.1 Å². The van der Waals surface area contributed by atoms with Crippen molar-refractivity contribution in [2.75, 3.05) is 5.75 Å². The van der Waals surface area contributed by atoms with Crippen molar-refractivity contribution >= 4 is 23.2 Å². The lowest BCUT2D eigenvalue weighted by Gasteiger charge is -2.36. The van der Waals surface area contributed by atoms with E-state index in [-0.39, 0.29) is 16.5 Å². The summed E-state index contributed by atoms with van der Waals surface area (Å²) in [7, 11) is 0. The first-order chi connectivity index (χ1) is 9.87. The highest BCUT2D eigenvalue weighted by molar-refractivity contribution is 7.99. The fourth-order valence-corrected chi connectivity index (χ4v) is 5.40. The number of non-ortho nitro benzene ring substituents is 1. The monoisotopic (exact) mass is 305 g/mol. The lowest BCUT2D eigenvalue weighted by Crippen LogP contribution is -2.38. The van der Waals surface area contributed by atoms with Gasteiger partial charge in [-0.1, -0.05) is 13.8 Å². The molecule has 1 aromatic rings. The van der Waals surface area contributed by atoms with Crippen LogP contribution in [0.15, 0.2) is 29.2 Å². The molecule has 2 aliphatic rings. The maximum Gasteiger partial charge on any atom is 0.269 e. The van der Waals surface area contributed by atoms with Crippen LogP contribution in [-0.2, 0) is 4.79 Å². The van der Waals surface area contributed by atoms with Gasteiger partial charge in [0.1, 0.15) is 5.78 Å². The second-order valence-corrected chi connectivity index (χ2v) is 7.76. The van der Waals surface area contributed by atoms with Crippen LogP contribution >= 0.6 is 11.8 Å². The topological polar surface area (TPSA) is 60.2 Å². The molecule has 2 fully saturated rings. The molecule has 0 aliphatic heterocycles. The van der Waals surface area contributed by atoms with Gasteiger partial charge in [0.05, 0.1) is 4.92 Å². The van der Waals surface area contributed by atoms with Crippen LogP contribution in [0.1, 0.15) is 33.1 Å². The van der Waals surface area contributed by atoms with E-state index in [9.17, 15) is 14.9 Å². The Morgan fingerprint density at radius 1 is 1.33 bits per heavy atom. The van der Waals surface area contributed by atoms with Crippen LogP contribution in [0.2, 0.25) is 0 Å². The minimum atomic E-state index is -0.391. The molecule has 5 heteroatoms. The Bertz CT molecular complexity index is 596. The predicted octanol–water partition coefficient (Wildman–Crippen LogP) is 4.08. The van der Waals surface area contributed by atoms with Gasteiger partial charge >= 0.3 is 0 Å². The number of rotatable bonds is 4. The van der Waals surface area contributed by atoms with E-state index in [0.717, 1.165) is 29.9 Å². The molecule has 0 saturated heterocycles. The third kappa shape index (κ3) is 2.09. The highest BCUT2D eigenvalue weighted by Gasteiger charge is 2.63. The Labute approximate surface area is 128 Å². The summed E-state index contributed by atoms with van der Waals surface area (Å²) in [6.07, 6.45) is 2.87. The number of carbonyl (C=O) groups is 1. The number of fused-ring (bicyclic) bond motifs is 2. The van der Waals surface area contributed by atoms with Crippen molar-refractivity contribution in [2.24, 2.45) is 16.7 Å². The van der Waals surface area contributed by atoms with E-state index in [4.69, 9.17) is 0 Å². The number of nitro groups is 1. The van der Waals surface area contributed by atoms with Crippen molar-refractivity contribution in [3.63, 3.8) is 0 Å². The summed E-state index contributed by atoms with van der Waals surface area (Å²) in [5.41, 5.74) is -0.0159. The molecular weight excluding hydrogens is 286 g/mol. The molecule has 0 N–H and O–H groups in total. The van der Waals surface area contributed by atoms with Gasteiger partial charge in [0, 0.05) is 34.6 Å². The summed E-state index contributed by atoms with van der Waals surface area (Å²) >= 11 is 1.65. The molecule has 0 amide bonds. The summed E-state index contributed by atoms with van der Waals surface area (Å²) in [5.74, 6) is 1.73. The molecular formula is C16H19NO3S. The van der Waals surface area contributed by atoms with Crippen LogP contribution in [-0.4, -0.2) is 16.5 Å². The first-order valence-corrected chi connectivity index (χ1v) is 8.26. The van der Waals surface area contributed by atoms with Gasteiger partial charge in [-0.15, -0.1) is 11.8 Å². The average molecular weight is 305 g/mol. The van der Waals surface area contributed by atoms with Crippen LogP contribution in [0, 0.1) is 26.9 Å². The molecule has 2 atom stereocenters. The first kappa shape index (κ1) is 14.6. The van der Waals surface area contributed by atoms with Gasteiger partial charge in [-0.25, -0.2) is 0 Å². The fraction of sp³-hybridized carbons (Fsp3) is 0.562. The highest BCUT2D eigenvalue weighted by Crippen LogP contribution is 2.65. The standard InChI is InChI=1S/C16H19NO3S/c1-15(2)11-7-8-16(15,14(18)9-11)10-21-13-5-3-12(4-6-13)17(19)20/h3-6,11H,7-10H2,1-2H3/t11-,16-/m1/s1. The number of nitro benzene ring substituents is 1. The SMILES string of the molecule is CC1(C)[C@@H]2CC[C@@]1(CSc1ccc([N+](=O)[O-])cc1)C(=O)C2. The van der Waals surface area contributed by atoms with Gasteiger partial charge in [-0.3, -0.25) is 14.9 Å². The van der Waals surface area contributed by atoms with Crippen LogP contribution in [0.5, 0.6) is 0 Å². The predicted molar refractivity (Wildman–Crippen MR) is 82.4 cm³/mol. The second-order valence-electron chi connectivity index (χ2n) is 6.71. The van der Waals surface area contributed by atoms with E-state index in [1.807, 2.05) is 0 Å². The molecule has 1 aromatic carbocycles. The Balaban J connectivity index is 1.75. The molecule has 2 saturated carbocycles. The number of hydrogen-bond donors (Lipinski definition) is 0. The molecule has 3 rings (SSSR count). The third-order valence-electron chi connectivity index (χ3n) is 5.67. The summed E-state index contributed by atoms with van der Waals surface area (Å²) in [6.45, 7) is 4.46. The molecule has 0 spiro atoms. The molecule has 0 aromatic heterocycles. The van der Waals surface area contributed by atoms with E-state index in [2.05, 4.69) is 13.8 Å². The zero-order valence-electron chi connectivity index (χ0n) is 12.3. The van der Waals surface area contributed by atoms with Gasteiger partial charge in [0.15, 0.2) is 0 Å². The second kappa shape index (κ2) is 4.83. The minimum absolute atomic E-state index is 0.0812. The molecule has 0 radical (unpaired) electrons.